The van der Waals surface area contributed by atoms with Crippen molar-refractivity contribution in [1.82, 2.24) is 9.21 Å². The Kier molecular flexibility index (Phi) is 6.45. The Hall–Kier alpha value is -3.11. The fraction of sp³-hybridized carbons (Fsp3) is 0.300. The first kappa shape index (κ1) is 24.5. The van der Waals surface area contributed by atoms with Crippen LogP contribution in [0.15, 0.2) is 47.4 Å². The molecule has 1 amide bonds. The highest BCUT2D eigenvalue weighted by molar-refractivity contribution is 7.89. The van der Waals surface area contributed by atoms with E-state index in [2.05, 4.69) is 0 Å². The quantitative estimate of drug-likeness (QED) is 0.613. The molecular weight excluding hydrogens is 476 g/mol. The number of nitrogens with zero attached hydrogens (tertiary/aromatic N) is 3. The molecule has 0 bridgehead atoms. The zero-order chi connectivity index (χ0) is 24.6. The number of amides is 1. The second kappa shape index (κ2) is 8.68. The molecule has 1 aliphatic heterocycles. The van der Waals surface area contributed by atoms with E-state index in [0.717, 1.165) is 4.31 Å². The smallest absolute Gasteiger partial charge is 0.336 e. The first-order valence-electron chi connectivity index (χ1n) is 9.32. The summed E-state index contributed by atoms with van der Waals surface area (Å²) in [5.41, 5.74) is -3.03. The maximum atomic E-state index is 13.1. The molecule has 176 valence electrons. The Bertz CT molecular complexity index is 1180. The molecule has 1 heterocycles. The van der Waals surface area contributed by atoms with Crippen LogP contribution in [0.25, 0.3) is 0 Å². The molecule has 3 rings (SSSR count). The standard InChI is InChI=1S/C20H15F6N3O3S/c21-19(22,23)15-9-16(20(24,25)26)11-17(10-15)33(31,32)29-6-4-28(5-7-29)18(30)14-3-1-2-13(8-14)12-27/h1-3,8-11H,4-7H2. The third-order valence-electron chi connectivity index (χ3n) is 4.96. The van der Waals surface area contributed by atoms with Gasteiger partial charge in [-0.05, 0) is 36.4 Å². The first-order chi connectivity index (χ1) is 15.2. The lowest BCUT2D eigenvalue weighted by atomic mass is 10.1. The molecule has 0 unspecified atom stereocenters. The predicted molar refractivity (Wildman–Crippen MR) is 102 cm³/mol. The molecule has 0 aliphatic carbocycles. The SMILES string of the molecule is N#Cc1cccc(C(=O)N2CCN(S(=O)(=O)c3cc(C(F)(F)F)cc(C(F)(F)F)c3)CC2)c1. The molecule has 1 fully saturated rings. The van der Waals surface area contributed by atoms with E-state index >= 15 is 0 Å². The lowest BCUT2D eigenvalue weighted by molar-refractivity contribution is -0.143. The van der Waals surface area contributed by atoms with E-state index in [-0.39, 0.29) is 55.5 Å². The van der Waals surface area contributed by atoms with Gasteiger partial charge in [0.15, 0.2) is 0 Å². The van der Waals surface area contributed by atoms with Crippen molar-refractivity contribution in [1.29, 1.82) is 5.26 Å². The number of piperazine rings is 1. The van der Waals surface area contributed by atoms with Gasteiger partial charge in [0, 0.05) is 31.7 Å². The number of hydrogen-bond acceptors (Lipinski definition) is 4. The fourth-order valence-corrected chi connectivity index (χ4v) is 4.75. The minimum Gasteiger partial charge on any atom is -0.336 e. The van der Waals surface area contributed by atoms with Crippen LogP contribution in [0.3, 0.4) is 0 Å². The molecule has 0 atom stereocenters. The highest BCUT2D eigenvalue weighted by Crippen LogP contribution is 2.37. The maximum absolute atomic E-state index is 13.1. The lowest BCUT2D eigenvalue weighted by Crippen LogP contribution is -2.50. The number of rotatable bonds is 3. The molecule has 0 aromatic heterocycles. The lowest BCUT2D eigenvalue weighted by Gasteiger charge is -2.34. The van der Waals surface area contributed by atoms with Gasteiger partial charge in [-0.15, -0.1) is 0 Å². The Morgan fingerprint density at radius 3 is 1.91 bits per heavy atom. The minimum atomic E-state index is -5.19. The van der Waals surface area contributed by atoms with Gasteiger partial charge in [0.1, 0.15) is 0 Å². The Balaban J connectivity index is 1.84. The highest BCUT2D eigenvalue weighted by Gasteiger charge is 2.39. The normalized spacial score (nSPS) is 15.8. The molecule has 6 nitrogen and oxygen atoms in total. The second-order valence-electron chi connectivity index (χ2n) is 7.13. The van der Waals surface area contributed by atoms with Gasteiger partial charge in [0.2, 0.25) is 10.0 Å². The zero-order valence-corrected chi connectivity index (χ0v) is 17.4. The molecule has 2 aromatic carbocycles. The number of hydrogen-bond donors (Lipinski definition) is 0. The number of carbonyl (C=O) groups excluding carboxylic acids is 1. The van der Waals surface area contributed by atoms with Crippen molar-refractivity contribution in [2.75, 3.05) is 26.2 Å². The Morgan fingerprint density at radius 1 is 0.879 bits per heavy atom. The molecule has 0 saturated carbocycles. The topological polar surface area (TPSA) is 81.5 Å². The summed E-state index contributed by atoms with van der Waals surface area (Å²) in [6.45, 7) is -0.937. The van der Waals surface area contributed by atoms with Crippen molar-refractivity contribution in [3.8, 4) is 6.07 Å². The molecule has 1 aliphatic rings. The van der Waals surface area contributed by atoms with Crippen LogP contribution in [0.2, 0.25) is 0 Å². The number of sulfonamides is 1. The largest absolute Gasteiger partial charge is 0.416 e. The van der Waals surface area contributed by atoms with Crippen molar-refractivity contribution >= 4 is 15.9 Å². The van der Waals surface area contributed by atoms with E-state index in [0.29, 0.717) is 0 Å². The van der Waals surface area contributed by atoms with Crippen LogP contribution < -0.4 is 0 Å². The van der Waals surface area contributed by atoms with Crippen molar-refractivity contribution in [3.05, 3.63) is 64.7 Å². The van der Waals surface area contributed by atoms with E-state index < -0.39 is 44.3 Å². The molecule has 2 aromatic rings. The van der Waals surface area contributed by atoms with E-state index in [1.165, 1.54) is 29.2 Å². The summed E-state index contributed by atoms with van der Waals surface area (Å²) in [6, 6.07) is 7.87. The van der Waals surface area contributed by atoms with Crippen molar-refractivity contribution in [2.24, 2.45) is 0 Å². The van der Waals surface area contributed by atoms with Gasteiger partial charge in [-0.25, -0.2) is 8.42 Å². The third-order valence-corrected chi connectivity index (χ3v) is 6.84. The van der Waals surface area contributed by atoms with Crippen LogP contribution in [-0.4, -0.2) is 49.7 Å². The summed E-state index contributed by atoms with van der Waals surface area (Å²) in [7, 11) is -4.70. The highest BCUT2D eigenvalue weighted by atomic mass is 32.2. The van der Waals surface area contributed by atoms with Crippen LogP contribution in [-0.2, 0) is 22.4 Å². The van der Waals surface area contributed by atoms with Gasteiger partial charge in [-0.1, -0.05) is 6.07 Å². The van der Waals surface area contributed by atoms with E-state index in [1.807, 2.05) is 6.07 Å². The van der Waals surface area contributed by atoms with Gasteiger partial charge in [0.05, 0.1) is 27.7 Å². The van der Waals surface area contributed by atoms with Crippen molar-refractivity contribution < 1.29 is 39.6 Å². The van der Waals surface area contributed by atoms with Crippen molar-refractivity contribution in [2.45, 2.75) is 17.2 Å². The Morgan fingerprint density at radius 2 is 1.42 bits per heavy atom. The van der Waals surface area contributed by atoms with Gasteiger partial charge < -0.3 is 4.90 Å². The van der Waals surface area contributed by atoms with E-state index in [1.54, 1.807) is 0 Å². The summed E-state index contributed by atoms with van der Waals surface area (Å²) >= 11 is 0. The average molecular weight is 491 g/mol. The summed E-state index contributed by atoms with van der Waals surface area (Å²) in [5, 5.41) is 8.94. The summed E-state index contributed by atoms with van der Waals surface area (Å²) in [6.07, 6.45) is -10.4. The van der Waals surface area contributed by atoms with Crippen molar-refractivity contribution in [3.63, 3.8) is 0 Å². The number of carbonyl (C=O) groups is 1. The molecule has 0 spiro atoms. The molecule has 0 N–H and O–H groups in total. The minimum absolute atomic E-state index is 0.139. The fourth-order valence-electron chi connectivity index (χ4n) is 3.26. The molecule has 0 radical (unpaired) electrons. The summed E-state index contributed by atoms with van der Waals surface area (Å²) < 4.78 is 105. The van der Waals surface area contributed by atoms with Crippen LogP contribution in [0, 0.1) is 11.3 Å². The van der Waals surface area contributed by atoms with Crippen LogP contribution >= 0.6 is 0 Å². The third kappa shape index (κ3) is 5.28. The first-order valence-corrected chi connectivity index (χ1v) is 10.8. The molecule has 1 saturated heterocycles. The van der Waals surface area contributed by atoms with Crippen LogP contribution in [0.5, 0.6) is 0 Å². The second-order valence-corrected chi connectivity index (χ2v) is 9.07. The molecular formula is C20H15F6N3O3S. The molecule has 33 heavy (non-hydrogen) atoms. The number of halogens is 6. The van der Waals surface area contributed by atoms with Gasteiger partial charge >= 0.3 is 12.4 Å². The monoisotopic (exact) mass is 491 g/mol. The summed E-state index contributed by atoms with van der Waals surface area (Å²) in [4.78, 5) is 12.8. The zero-order valence-electron chi connectivity index (χ0n) is 16.6. The Labute approximate surface area is 184 Å². The average Bonchev–Trinajstić information content (AvgIpc) is 2.77. The van der Waals surface area contributed by atoms with Crippen LogP contribution in [0.4, 0.5) is 26.3 Å². The summed E-state index contributed by atoms with van der Waals surface area (Å²) in [5.74, 6) is -0.484. The number of alkyl halides is 6. The maximum Gasteiger partial charge on any atom is 0.416 e. The molecule has 13 heteroatoms. The van der Waals surface area contributed by atoms with Gasteiger partial charge in [0.25, 0.3) is 5.91 Å². The van der Waals surface area contributed by atoms with Crippen LogP contribution in [0.1, 0.15) is 27.0 Å². The van der Waals surface area contributed by atoms with E-state index in [9.17, 15) is 39.6 Å². The number of nitriles is 1. The van der Waals surface area contributed by atoms with E-state index in [4.69, 9.17) is 5.26 Å². The van der Waals surface area contributed by atoms with Gasteiger partial charge in [-0.3, -0.25) is 4.79 Å². The van der Waals surface area contributed by atoms with Gasteiger partial charge in [-0.2, -0.15) is 35.9 Å². The predicted octanol–water partition coefficient (Wildman–Crippen LogP) is 3.74. The number of benzene rings is 2.